The van der Waals surface area contributed by atoms with Crippen molar-refractivity contribution in [3.63, 3.8) is 0 Å². The fourth-order valence-electron chi connectivity index (χ4n) is 2.57. The minimum Gasteiger partial charge on any atom is -0.311 e. The Hall–Kier alpha value is -0.0400. The molecule has 0 radical (unpaired) electrons. The summed E-state index contributed by atoms with van der Waals surface area (Å²) in [5.41, 5.74) is 0.528. The van der Waals surface area contributed by atoms with Crippen molar-refractivity contribution in [1.82, 2.24) is 5.32 Å². The first-order valence-corrected chi connectivity index (χ1v) is 6.32. The number of nitrogens with one attached hydrogen (secondary N) is 1. The van der Waals surface area contributed by atoms with Crippen LogP contribution in [0, 0.1) is 5.41 Å². The lowest BCUT2D eigenvalue weighted by Gasteiger charge is -2.30. The van der Waals surface area contributed by atoms with Crippen LogP contribution in [-0.2, 0) is 0 Å². The molecule has 1 aliphatic carbocycles. The van der Waals surface area contributed by atoms with Crippen LogP contribution in [0.1, 0.15) is 66.2 Å². The summed E-state index contributed by atoms with van der Waals surface area (Å²) in [7, 11) is 0. The van der Waals surface area contributed by atoms with Gasteiger partial charge in [0.15, 0.2) is 0 Å². The fourth-order valence-corrected chi connectivity index (χ4v) is 2.57. The van der Waals surface area contributed by atoms with E-state index in [0.29, 0.717) is 11.5 Å². The smallest absolute Gasteiger partial charge is 0.0121 e. The zero-order chi connectivity index (χ0) is 10.6. The monoisotopic (exact) mass is 197 g/mol. The van der Waals surface area contributed by atoms with Crippen LogP contribution < -0.4 is 5.32 Å². The fraction of sp³-hybridized carbons (Fsp3) is 1.00. The normalized spacial score (nSPS) is 27.9. The summed E-state index contributed by atoms with van der Waals surface area (Å²) in [5.74, 6) is 0. The second-order valence-corrected chi connectivity index (χ2v) is 5.64. The van der Waals surface area contributed by atoms with E-state index in [-0.39, 0.29) is 0 Å². The Labute approximate surface area is 89.7 Å². The van der Waals surface area contributed by atoms with Crippen molar-refractivity contribution in [1.29, 1.82) is 0 Å². The van der Waals surface area contributed by atoms with Gasteiger partial charge in [0, 0.05) is 12.1 Å². The zero-order valence-corrected chi connectivity index (χ0v) is 10.4. The Bertz CT molecular complexity index is 163. The van der Waals surface area contributed by atoms with Gasteiger partial charge >= 0.3 is 0 Å². The average molecular weight is 197 g/mol. The first-order valence-electron chi connectivity index (χ1n) is 6.32. The highest BCUT2D eigenvalue weighted by molar-refractivity contribution is 4.91. The summed E-state index contributed by atoms with van der Waals surface area (Å²) in [5, 5.41) is 3.80. The van der Waals surface area contributed by atoms with Gasteiger partial charge in [-0.1, -0.05) is 40.0 Å². The molecule has 0 aromatic carbocycles. The number of unbranched alkanes of at least 4 members (excludes halogenated alkanes) is 1. The first-order chi connectivity index (χ1) is 6.56. The molecule has 14 heavy (non-hydrogen) atoms. The topological polar surface area (TPSA) is 12.0 Å². The molecule has 1 aliphatic rings. The molecule has 0 amide bonds. The third-order valence-electron chi connectivity index (χ3n) is 3.73. The molecule has 1 rings (SSSR count). The summed E-state index contributed by atoms with van der Waals surface area (Å²) >= 11 is 0. The molecule has 0 bridgehead atoms. The van der Waals surface area contributed by atoms with Crippen LogP contribution in [0.3, 0.4) is 0 Å². The van der Waals surface area contributed by atoms with Crippen molar-refractivity contribution in [3.8, 4) is 0 Å². The van der Waals surface area contributed by atoms with Crippen LogP contribution in [0.4, 0.5) is 0 Å². The van der Waals surface area contributed by atoms with Crippen molar-refractivity contribution >= 4 is 0 Å². The molecule has 1 saturated carbocycles. The second-order valence-electron chi connectivity index (χ2n) is 5.64. The molecule has 0 saturated heterocycles. The summed E-state index contributed by atoms with van der Waals surface area (Å²) in [6.45, 7) is 9.42. The molecular formula is C13H27N. The number of hydrogen-bond donors (Lipinski definition) is 1. The van der Waals surface area contributed by atoms with E-state index in [1.54, 1.807) is 0 Å². The Morgan fingerprint density at radius 3 is 2.64 bits per heavy atom. The molecule has 0 heterocycles. The largest absolute Gasteiger partial charge is 0.311 e. The molecule has 2 atom stereocenters. The minimum atomic E-state index is 0.528. The van der Waals surface area contributed by atoms with E-state index >= 15 is 0 Å². The maximum atomic E-state index is 3.80. The van der Waals surface area contributed by atoms with E-state index in [4.69, 9.17) is 0 Å². The predicted molar refractivity (Wildman–Crippen MR) is 63.5 cm³/mol. The highest BCUT2D eigenvalue weighted by Crippen LogP contribution is 2.37. The average Bonchev–Trinajstić information content (AvgIpc) is 2.43. The molecule has 1 fully saturated rings. The molecule has 1 N–H and O–H groups in total. The van der Waals surface area contributed by atoms with E-state index in [1.165, 1.54) is 38.5 Å². The van der Waals surface area contributed by atoms with E-state index in [2.05, 4.69) is 33.0 Å². The quantitative estimate of drug-likeness (QED) is 0.708. The Morgan fingerprint density at radius 2 is 2.14 bits per heavy atom. The molecule has 0 aromatic rings. The lowest BCUT2D eigenvalue weighted by Crippen LogP contribution is -2.42. The van der Waals surface area contributed by atoms with Gasteiger partial charge in [-0.05, 0) is 31.6 Å². The van der Waals surface area contributed by atoms with Crippen LogP contribution in [0.25, 0.3) is 0 Å². The first kappa shape index (κ1) is 12.0. The van der Waals surface area contributed by atoms with Gasteiger partial charge in [0.25, 0.3) is 0 Å². The lowest BCUT2D eigenvalue weighted by molar-refractivity contribution is 0.260. The molecule has 0 aliphatic heterocycles. The van der Waals surface area contributed by atoms with E-state index in [9.17, 15) is 0 Å². The lowest BCUT2D eigenvalue weighted by atomic mass is 9.87. The van der Waals surface area contributed by atoms with Gasteiger partial charge in [-0.15, -0.1) is 0 Å². The molecule has 0 aromatic heterocycles. The van der Waals surface area contributed by atoms with Gasteiger partial charge in [0.2, 0.25) is 0 Å². The highest BCUT2D eigenvalue weighted by Gasteiger charge is 2.34. The van der Waals surface area contributed by atoms with Gasteiger partial charge < -0.3 is 5.32 Å². The van der Waals surface area contributed by atoms with Crippen LogP contribution >= 0.6 is 0 Å². The maximum Gasteiger partial charge on any atom is 0.0121 e. The minimum absolute atomic E-state index is 0.528. The molecule has 1 nitrogen and oxygen atoms in total. The van der Waals surface area contributed by atoms with Gasteiger partial charge in [0.1, 0.15) is 0 Å². The second kappa shape index (κ2) is 5.16. The summed E-state index contributed by atoms with van der Waals surface area (Å²) in [4.78, 5) is 0. The van der Waals surface area contributed by atoms with Crippen LogP contribution in [0.15, 0.2) is 0 Å². The standard InChI is InChI=1S/C13H27N/c1-5-6-8-11(2)14-12-9-7-10-13(12,3)4/h11-12,14H,5-10H2,1-4H3. The SMILES string of the molecule is CCCCC(C)NC1CCCC1(C)C. The van der Waals surface area contributed by atoms with Crippen molar-refractivity contribution in [2.75, 3.05) is 0 Å². The Kier molecular flexibility index (Phi) is 4.43. The molecular weight excluding hydrogens is 170 g/mol. The van der Waals surface area contributed by atoms with Crippen molar-refractivity contribution in [3.05, 3.63) is 0 Å². The van der Waals surface area contributed by atoms with E-state index < -0.39 is 0 Å². The maximum absolute atomic E-state index is 3.80. The predicted octanol–water partition coefficient (Wildman–Crippen LogP) is 3.73. The van der Waals surface area contributed by atoms with Crippen LogP contribution in [0.5, 0.6) is 0 Å². The molecule has 0 spiro atoms. The number of rotatable bonds is 5. The summed E-state index contributed by atoms with van der Waals surface area (Å²) in [6, 6.07) is 1.46. The zero-order valence-electron chi connectivity index (χ0n) is 10.4. The highest BCUT2D eigenvalue weighted by atomic mass is 15.0. The van der Waals surface area contributed by atoms with Crippen molar-refractivity contribution in [2.45, 2.75) is 78.3 Å². The van der Waals surface area contributed by atoms with Crippen LogP contribution in [0.2, 0.25) is 0 Å². The van der Waals surface area contributed by atoms with E-state index in [1.807, 2.05) is 0 Å². The Morgan fingerprint density at radius 1 is 1.43 bits per heavy atom. The van der Waals surface area contributed by atoms with Crippen molar-refractivity contribution in [2.24, 2.45) is 5.41 Å². The van der Waals surface area contributed by atoms with Gasteiger partial charge in [0.05, 0.1) is 0 Å². The molecule has 84 valence electrons. The van der Waals surface area contributed by atoms with E-state index in [0.717, 1.165) is 6.04 Å². The number of hydrogen-bond acceptors (Lipinski definition) is 1. The third-order valence-corrected chi connectivity index (χ3v) is 3.73. The van der Waals surface area contributed by atoms with Gasteiger partial charge in [-0.2, -0.15) is 0 Å². The molecule has 1 heteroatoms. The van der Waals surface area contributed by atoms with Gasteiger partial charge in [-0.3, -0.25) is 0 Å². The van der Waals surface area contributed by atoms with Gasteiger partial charge in [-0.25, -0.2) is 0 Å². The summed E-state index contributed by atoms with van der Waals surface area (Å²) in [6.07, 6.45) is 8.20. The molecule has 2 unspecified atom stereocenters. The van der Waals surface area contributed by atoms with Crippen LogP contribution in [-0.4, -0.2) is 12.1 Å². The third kappa shape index (κ3) is 3.27. The summed E-state index contributed by atoms with van der Waals surface area (Å²) < 4.78 is 0. The van der Waals surface area contributed by atoms with Crippen molar-refractivity contribution < 1.29 is 0 Å². The Balaban J connectivity index is 2.29.